The lowest BCUT2D eigenvalue weighted by atomic mass is 10.1. The molecule has 0 bridgehead atoms. The molecule has 27 heavy (non-hydrogen) atoms. The first-order chi connectivity index (χ1) is 13.0. The topological polar surface area (TPSA) is 112 Å². The summed E-state index contributed by atoms with van der Waals surface area (Å²) in [5, 5.41) is 11.0. The second-order valence-electron chi connectivity index (χ2n) is 5.75. The van der Waals surface area contributed by atoms with Crippen LogP contribution < -0.4 is 16.1 Å². The molecule has 0 saturated carbocycles. The summed E-state index contributed by atoms with van der Waals surface area (Å²) in [5.74, 6) is 0. The van der Waals surface area contributed by atoms with Crippen molar-refractivity contribution >= 4 is 29.2 Å². The number of anilines is 2. The minimum absolute atomic E-state index is 0.153. The third-order valence-electron chi connectivity index (χ3n) is 3.99. The Morgan fingerprint density at radius 2 is 1.56 bits per heavy atom. The van der Waals surface area contributed by atoms with Crippen molar-refractivity contribution in [2.24, 2.45) is 0 Å². The van der Waals surface area contributed by atoms with Gasteiger partial charge in [0.15, 0.2) is 0 Å². The fourth-order valence-corrected chi connectivity index (χ4v) is 2.59. The summed E-state index contributed by atoms with van der Waals surface area (Å²) >= 11 is 0. The average Bonchev–Trinajstić information content (AvgIpc) is 2.66. The van der Waals surface area contributed by atoms with Crippen LogP contribution in [0, 0.1) is 10.1 Å². The van der Waals surface area contributed by atoms with Gasteiger partial charge >= 0.3 is 16.9 Å². The first-order valence-corrected chi connectivity index (χ1v) is 8.03. The molecule has 0 fully saturated rings. The number of aromatic nitrogens is 2. The molecule has 0 aliphatic carbocycles. The molecule has 1 heterocycles. The van der Waals surface area contributed by atoms with E-state index in [1.807, 2.05) is 71.5 Å². The molecule has 0 aliphatic rings. The summed E-state index contributed by atoms with van der Waals surface area (Å²) in [7, 11) is 1.95. The lowest BCUT2D eigenvalue weighted by Gasteiger charge is -2.19. The number of nitrogens with one attached hydrogen (secondary N) is 2. The molecule has 3 rings (SSSR count). The van der Waals surface area contributed by atoms with Crippen LogP contribution in [0.4, 0.5) is 17.1 Å². The molecule has 0 aliphatic heterocycles. The average molecular weight is 364 g/mol. The van der Waals surface area contributed by atoms with E-state index in [1.54, 1.807) is 6.08 Å². The third kappa shape index (κ3) is 4.01. The van der Waals surface area contributed by atoms with Gasteiger partial charge in [0.2, 0.25) is 0 Å². The van der Waals surface area contributed by atoms with Gasteiger partial charge in [-0.15, -0.1) is 0 Å². The number of para-hydroxylation sites is 1. The lowest BCUT2D eigenvalue weighted by molar-refractivity contribution is -0.386. The van der Waals surface area contributed by atoms with Gasteiger partial charge in [-0.3, -0.25) is 19.9 Å². The van der Waals surface area contributed by atoms with E-state index in [2.05, 4.69) is 4.98 Å². The number of hydrogen-bond acceptors (Lipinski definition) is 5. The maximum atomic E-state index is 11.6. The highest BCUT2D eigenvalue weighted by Gasteiger charge is 2.18. The minimum Gasteiger partial charge on any atom is -0.345 e. The first-order valence-electron chi connectivity index (χ1n) is 8.03. The zero-order valence-electron chi connectivity index (χ0n) is 14.4. The van der Waals surface area contributed by atoms with Crippen LogP contribution in [-0.2, 0) is 0 Å². The van der Waals surface area contributed by atoms with Crippen molar-refractivity contribution < 1.29 is 4.92 Å². The van der Waals surface area contributed by atoms with Gasteiger partial charge < -0.3 is 9.88 Å². The van der Waals surface area contributed by atoms with Crippen molar-refractivity contribution in [3.05, 3.63) is 96.8 Å². The van der Waals surface area contributed by atoms with Gasteiger partial charge in [-0.05, 0) is 35.9 Å². The van der Waals surface area contributed by atoms with E-state index in [-0.39, 0.29) is 5.69 Å². The number of nitrogens with zero attached hydrogens (tertiary/aromatic N) is 2. The molecule has 0 amide bonds. The number of hydrogen-bond donors (Lipinski definition) is 2. The molecule has 1 aromatic heterocycles. The number of aromatic amines is 2. The normalized spacial score (nSPS) is 10.9. The van der Waals surface area contributed by atoms with Crippen molar-refractivity contribution in [3.63, 3.8) is 0 Å². The highest BCUT2D eigenvalue weighted by atomic mass is 16.6. The van der Waals surface area contributed by atoms with Crippen LogP contribution in [0.15, 0.2) is 64.2 Å². The van der Waals surface area contributed by atoms with E-state index in [1.165, 1.54) is 6.08 Å². The van der Waals surface area contributed by atoms with E-state index < -0.39 is 21.9 Å². The monoisotopic (exact) mass is 364 g/mol. The molecule has 8 heteroatoms. The van der Waals surface area contributed by atoms with Crippen LogP contribution in [-0.4, -0.2) is 21.9 Å². The van der Waals surface area contributed by atoms with Crippen LogP contribution in [0.5, 0.6) is 0 Å². The minimum atomic E-state index is -1.04. The molecule has 3 aromatic rings. The van der Waals surface area contributed by atoms with Crippen molar-refractivity contribution in [1.29, 1.82) is 0 Å². The largest absolute Gasteiger partial charge is 0.357 e. The highest BCUT2D eigenvalue weighted by Crippen LogP contribution is 2.23. The van der Waals surface area contributed by atoms with Crippen molar-refractivity contribution in [2.75, 3.05) is 11.9 Å². The van der Waals surface area contributed by atoms with E-state index in [9.17, 15) is 19.7 Å². The predicted molar refractivity (Wildman–Crippen MR) is 104 cm³/mol. The SMILES string of the molecule is CN(c1ccccc1)c1ccc(C=Cc2[nH]c(=O)[nH]c(=O)c2[N+](=O)[O-])cc1. The first kappa shape index (κ1) is 17.9. The Balaban J connectivity index is 1.86. The van der Waals surface area contributed by atoms with Crippen LogP contribution in [0.2, 0.25) is 0 Å². The van der Waals surface area contributed by atoms with E-state index in [0.29, 0.717) is 0 Å². The van der Waals surface area contributed by atoms with Crippen LogP contribution >= 0.6 is 0 Å². The van der Waals surface area contributed by atoms with Crippen molar-refractivity contribution in [2.45, 2.75) is 0 Å². The summed E-state index contributed by atoms with van der Waals surface area (Å²) < 4.78 is 0. The zero-order chi connectivity index (χ0) is 19.4. The smallest absolute Gasteiger partial charge is 0.345 e. The molecule has 0 radical (unpaired) electrons. The van der Waals surface area contributed by atoms with Gasteiger partial charge in [0.05, 0.1) is 4.92 Å². The Hall–Kier alpha value is -3.94. The molecule has 8 nitrogen and oxygen atoms in total. The molecule has 136 valence electrons. The van der Waals surface area contributed by atoms with Crippen molar-refractivity contribution in [3.8, 4) is 0 Å². The molecule has 0 unspecified atom stereocenters. The summed E-state index contributed by atoms with van der Waals surface area (Å²) in [6, 6.07) is 17.3. The fraction of sp³-hybridized carbons (Fsp3) is 0.0526. The maximum Gasteiger partial charge on any atom is 0.357 e. The van der Waals surface area contributed by atoms with E-state index in [4.69, 9.17) is 0 Å². The highest BCUT2D eigenvalue weighted by molar-refractivity contribution is 5.73. The lowest BCUT2D eigenvalue weighted by Crippen LogP contribution is -2.25. The summed E-state index contributed by atoms with van der Waals surface area (Å²) in [5.41, 5.74) is 0.0702. The Morgan fingerprint density at radius 3 is 2.19 bits per heavy atom. The standard InChI is InChI=1S/C19H16N4O4/c1-22(14-5-3-2-4-6-14)15-10-7-13(8-11-15)9-12-16-17(23(26)27)18(24)21-19(25)20-16/h2-12H,1H3,(H2,20,21,24,25). The summed E-state index contributed by atoms with van der Waals surface area (Å²) in [6.45, 7) is 0. The Bertz CT molecular complexity index is 1100. The third-order valence-corrected chi connectivity index (χ3v) is 3.99. The van der Waals surface area contributed by atoms with Crippen LogP contribution in [0.1, 0.15) is 11.3 Å². The van der Waals surface area contributed by atoms with Crippen LogP contribution in [0.25, 0.3) is 12.2 Å². The van der Waals surface area contributed by atoms with E-state index in [0.717, 1.165) is 16.9 Å². The van der Waals surface area contributed by atoms with Gasteiger partial charge in [-0.2, -0.15) is 0 Å². The van der Waals surface area contributed by atoms with Gasteiger partial charge in [0.1, 0.15) is 5.69 Å². The molecular formula is C19H16N4O4. The zero-order valence-corrected chi connectivity index (χ0v) is 14.4. The maximum absolute atomic E-state index is 11.6. The Morgan fingerprint density at radius 1 is 0.926 bits per heavy atom. The molecule has 0 spiro atoms. The second-order valence-corrected chi connectivity index (χ2v) is 5.75. The quantitative estimate of drug-likeness (QED) is 0.534. The Labute approximate surface area is 153 Å². The predicted octanol–water partition coefficient (Wildman–Crippen LogP) is 2.91. The molecular weight excluding hydrogens is 348 g/mol. The Kier molecular flexibility index (Phi) is 4.98. The van der Waals surface area contributed by atoms with Gasteiger partial charge in [-0.25, -0.2) is 4.79 Å². The molecule has 0 atom stereocenters. The summed E-state index contributed by atoms with van der Waals surface area (Å²) in [6.07, 6.45) is 2.93. The van der Waals surface area contributed by atoms with Gasteiger partial charge in [0, 0.05) is 18.4 Å². The van der Waals surface area contributed by atoms with E-state index >= 15 is 0 Å². The van der Waals surface area contributed by atoms with Crippen LogP contribution in [0.3, 0.4) is 0 Å². The number of nitro groups is 1. The molecule has 2 aromatic carbocycles. The molecule has 0 saturated heterocycles. The summed E-state index contributed by atoms with van der Waals surface area (Å²) in [4.78, 5) is 39.3. The van der Waals surface area contributed by atoms with Crippen molar-refractivity contribution in [1.82, 2.24) is 9.97 Å². The fourth-order valence-electron chi connectivity index (χ4n) is 2.59. The van der Waals surface area contributed by atoms with Gasteiger partial charge in [-0.1, -0.05) is 36.4 Å². The molecule has 2 N–H and O–H groups in total. The number of rotatable bonds is 5. The number of benzene rings is 2. The second kappa shape index (κ2) is 7.52. The van der Waals surface area contributed by atoms with Gasteiger partial charge in [0.25, 0.3) is 0 Å². The number of H-pyrrole nitrogens is 2.